The van der Waals surface area contributed by atoms with Crippen molar-refractivity contribution in [2.75, 3.05) is 0 Å². The van der Waals surface area contributed by atoms with Crippen LogP contribution >= 0.6 is 0 Å². The first kappa shape index (κ1) is 14.8. The summed E-state index contributed by atoms with van der Waals surface area (Å²) >= 11 is 0. The Labute approximate surface area is 150 Å². The van der Waals surface area contributed by atoms with Crippen LogP contribution in [0.15, 0.2) is 67.5 Å². The molecule has 0 N–H and O–H groups in total. The number of para-hydroxylation sites is 1. The molecule has 5 rings (SSSR count). The molecule has 0 unspecified atom stereocenters. The Hall–Kier alpha value is -3.47. The molecule has 5 heteroatoms. The van der Waals surface area contributed by atoms with Crippen LogP contribution in [0.4, 0.5) is 0 Å². The zero-order valence-electron chi connectivity index (χ0n) is 14.6. The minimum Gasteiger partial charge on any atom is -0.299 e. The lowest BCUT2D eigenvalue weighted by Gasteiger charge is -2.14. The summed E-state index contributed by atoms with van der Waals surface area (Å²) < 4.78 is 4.09. The maximum atomic E-state index is 4.71. The van der Waals surface area contributed by atoms with Crippen molar-refractivity contribution in [2.45, 2.75) is 13.8 Å². The normalized spacial score (nSPS) is 11.5. The van der Waals surface area contributed by atoms with E-state index < -0.39 is 0 Å². The van der Waals surface area contributed by atoms with Crippen molar-refractivity contribution >= 4 is 16.6 Å². The molecule has 0 radical (unpaired) electrons. The van der Waals surface area contributed by atoms with E-state index in [2.05, 4.69) is 64.8 Å². The summed E-state index contributed by atoms with van der Waals surface area (Å²) in [6.45, 7) is 4.26. The summed E-state index contributed by atoms with van der Waals surface area (Å²) in [4.78, 5) is 13.5. The highest BCUT2D eigenvalue weighted by atomic mass is 15.1. The van der Waals surface area contributed by atoms with Gasteiger partial charge in [0.25, 0.3) is 0 Å². The van der Waals surface area contributed by atoms with Crippen molar-refractivity contribution in [1.29, 1.82) is 0 Å². The third kappa shape index (κ3) is 2.21. The van der Waals surface area contributed by atoms with E-state index >= 15 is 0 Å². The van der Waals surface area contributed by atoms with Gasteiger partial charge in [0.1, 0.15) is 12.2 Å². The monoisotopic (exact) mass is 339 g/mol. The third-order valence-electron chi connectivity index (χ3n) is 4.77. The van der Waals surface area contributed by atoms with Gasteiger partial charge >= 0.3 is 0 Å². The zero-order valence-corrected chi connectivity index (χ0v) is 14.6. The molecule has 26 heavy (non-hydrogen) atoms. The zero-order chi connectivity index (χ0) is 17.7. The highest BCUT2D eigenvalue weighted by Gasteiger charge is 2.12. The molecule has 0 amide bonds. The van der Waals surface area contributed by atoms with Crippen LogP contribution in [0.3, 0.4) is 0 Å². The Morgan fingerprint density at radius 3 is 2.69 bits per heavy atom. The molecule has 0 aliphatic heterocycles. The maximum Gasteiger partial charge on any atom is 0.157 e. The number of hydrogen-bond donors (Lipinski definition) is 0. The Morgan fingerprint density at radius 1 is 1.00 bits per heavy atom. The van der Waals surface area contributed by atoms with Gasteiger partial charge in [-0.15, -0.1) is 0 Å². The molecule has 0 fully saturated rings. The molecule has 3 aromatic heterocycles. The van der Waals surface area contributed by atoms with Crippen molar-refractivity contribution in [1.82, 2.24) is 23.9 Å². The molecular formula is C21H17N5. The van der Waals surface area contributed by atoms with E-state index in [0.29, 0.717) is 0 Å². The number of hydrogen-bond acceptors (Lipinski definition) is 3. The van der Waals surface area contributed by atoms with Crippen LogP contribution in [0, 0.1) is 13.8 Å². The first-order valence-electron chi connectivity index (χ1n) is 8.53. The number of rotatable bonds is 2. The minimum absolute atomic E-state index is 0.841. The van der Waals surface area contributed by atoms with Gasteiger partial charge in [0, 0.05) is 29.5 Å². The van der Waals surface area contributed by atoms with Gasteiger partial charge in [-0.05, 0) is 31.0 Å². The highest BCUT2D eigenvalue weighted by Crippen LogP contribution is 2.27. The quantitative estimate of drug-likeness (QED) is 0.480. The van der Waals surface area contributed by atoms with Gasteiger partial charge in [-0.25, -0.2) is 15.0 Å². The number of aryl methyl sites for hydroxylation is 2. The Balaban J connectivity index is 1.71. The van der Waals surface area contributed by atoms with Crippen LogP contribution in [-0.4, -0.2) is 23.9 Å². The number of aromatic nitrogens is 5. The Kier molecular flexibility index (Phi) is 3.15. The van der Waals surface area contributed by atoms with Gasteiger partial charge < -0.3 is 0 Å². The number of imidazole rings is 2. The van der Waals surface area contributed by atoms with E-state index in [1.807, 2.05) is 23.0 Å². The fraction of sp³-hybridized carbons (Fsp3) is 0.0952. The highest BCUT2D eigenvalue weighted by molar-refractivity contribution is 5.84. The number of nitrogens with zero attached hydrogens (tertiary/aromatic N) is 5. The van der Waals surface area contributed by atoms with Crippen molar-refractivity contribution < 1.29 is 0 Å². The van der Waals surface area contributed by atoms with Gasteiger partial charge in [0.15, 0.2) is 5.65 Å². The van der Waals surface area contributed by atoms with E-state index in [-0.39, 0.29) is 0 Å². The lowest BCUT2D eigenvalue weighted by Crippen LogP contribution is -2.01. The molecule has 0 saturated carbocycles. The molecule has 0 aliphatic rings. The SMILES string of the molecule is Cc1cccc(C)c1-n1ccnc1-c1ccc2cn3cncc3nc2c1. The standard InChI is InChI=1S/C21H17N5/c1-14-4-3-5-15(2)20(14)26-9-8-23-21(26)16-6-7-17-12-25-13-22-11-19(25)24-18(17)10-16/h3-13H,1-2H3. The molecule has 0 atom stereocenters. The van der Waals surface area contributed by atoms with Crippen molar-refractivity contribution in [2.24, 2.45) is 0 Å². The summed E-state index contributed by atoms with van der Waals surface area (Å²) in [5.74, 6) is 0.916. The second-order valence-electron chi connectivity index (χ2n) is 6.53. The average molecular weight is 339 g/mol. The minimum atomic E-state index is 0.841. The lowest BCUT2D eigenvalue weighted by atomic mass is 10.1. The first-order chi connectivity index (χ1) is 12.7. The molecule has 126 valence electrons. The molecule has 0 spiro atoms. The van der Waals surface area contributed by atoms with E-state index in [4.69, 9.17) is 4.98 Å². The summed E-state index contributed by atoms with van der Waals surface area (Å²) in [7, 11) is 0. The van der Waals surface area contributed by atoms with Crippen molar-refractivity contribution in [3.05, 3.63) is 78.6 Å². The molecule has 0 aliphatic carbocycles. The molecule has 0 saturated heterocycles. The lowest BCUT2D eigenvalue weighted by molar-refractivity contribution is 1.03. The smallest absolute Gasteiger partial charge is 0.157 e. The van der Waals surface area contributed by atoms with E-state index in [0.717, 1.165) is 27.9 Å². The number of benzene rings is 2. The Morgan fingerprint density at radius 2 is 1.85 bits per heavy atom. The van der Waals surface area contributed by atoms with Crippen LogP contribution in [0.25, 0.3) is 33.6 Å². The van der Waals surface area contributed by atoms with Gasteiger partial charge in [-0.1, -0.05) is 30.3 Å². The molecular weight excluding hydrogens is 322 g/mol. The maximum absolute atomic E-state index is 4.71. The van der Waals surface area contributed by atoms with Gasteiger partial charge in [-0.3, -0.25) is 8.97 Å². The fourth-order valence-corrected chi connectivity index (χ4v) is 3.53. The first-order valence-corrected chi connectivity index (χ1v) is 8.53. The second-order valence-corrected chi connectivity index (χ2v) is 6.53. The summed E-state index contributed by atoms with van der Waals surface area (Å²) in [5.41, 5.74) is 6.45. The largest absolute Gasteiger partial charge is 0.299 e. The van der Waals surface area contributed by atoms with Crippen LogP contribution in [0.1, 0.15) is 11.1 Å². The average Bonchev–Trinajstić information content (AvgIpc) is 3.28. The van der Waals surface area contributed by atoms with Gasteiger partial charge in [0.05, 0.1) is 17.4 Å². The van der Waals surface area contributed by atoms with Crippen molar-refractivity contribution in [3.63, 3.8) is 0 Å². The van der Waals surface area contributed by atoms with Crippen LogP contribution < -0.4 is 0 Å². The number of fused-ring (bicyclic) bond motifs is 2. The molecule has 5 nitrogen and oxygen atoms in total. The summed E-state index contributed by atoms with van der Waals surface area (Å²) in [5, 5.41) is 1.07. The molecule has 5 aromatic rings. The summed E-state index contributed by atoms with van der Waals surface area (Å²) in [6, 6.07) is 12.6. The predicted octanol–water partition coefficient (Wildman–Crippen LogP) is 4.35. The van der Waals surface area contributed by atoms with Crippen LogP contribution in [0.5, 0.6) is 0 Å². The summed E-state index contributed by atoms with van der Waals surface area (Å²) in [6.07, 6.45) is 9.45. The molecule has 2 aromatic carbocycles. The van der Waals surface area contributed by atoms with E-state index in [1.165, 1.54) is 16.8 Å². The van der Waals surface area contributed by atoms with Gasteiger partial charge in [0.2, 0.25) is 0 Å². The van der Waals surface area contributed by atoms with Crippen LogP contribution in [0.2, 0.25) is 0 Å². The van der Waals surface area contributed by atoms with Crippen molar-refractivity contribution in [3.8, 4) is 17.1 Å². The Bertz CT molecular complexity index is 1240. The molecule has 0 bridgehead atoms. The predicted molar refractivity (Wildman–Crippen MR) is 103 cm³/mol. The van der Waals surface area contributed by atoms with Crippen LogP contribution in [-0.2, 0) is 0 Å². The molecule has 3 heterocycles. The van der Waals surface area contributed by atoms with E-state index in [1.54, 1.807) is 12.5 Å². The van der Waals surface area contributed by atoms with Gasteiger partial charge in [-0.2, -0.15) is 0 Å². The van der Waals surface area contributed by atoms with E-state index in [9.17, 15) is 0 Å². The topological polar surface area (TPSA) is 48.0 Å². The fourth-order valence-electron chi connectivity index (χ4n) is 3.53. The second kappa shape index (κ2) is 5.52. The third-order valence-corrected chi connectivity index (χ3v) is 4.77.